The molecule has 4 heterocycles. The smallest absolute Gasteiger partial charge is 0.256 e. The van der Waals surface area contributed by atoms with E-state index in [1.807, 2.05) is 26.0 Å². The number of nitrogens with one attached hydrogen (secondary N) is 1. The normalized spacial score (nSPS) is 15.9. The summed E-state index contributed by atoms with van der Waals surface area (Å²) in [5, 5.41) is 11.1. The van der Waals surface area contributed by atoms with E-state index >= 15 is 0 Å². The zero-order valence-electron chi connectivity index (χ0n) is 16.0. The van der Waals surface area contributed by atoms with Crippen molar-refractivity contribution in [1.29, 1.82) is 5.26 Å². The van der Waals surface area contributed by atoms with Gasteiger partial charge in [0.2, 0.25) is 5.88 Å². The van der Waals surface area contributed by atoms with Gasteiger partial charge in [-0.25, -0.2) is 4.98 Å². The summed E-state index contributed by atoms with van der Waals surface area (Å²) in [6.45, 7) is 3.92. The number of H-pyrrole nitrogens is 1. The van der Waals surface area contributed by atoms with Crippen LogP contribution in [-0.4, -0.2) is 9.97 Å². The molecule has 1 aliphatic heterocycles. The van der Waals surface area contributed by atoms with Gasteiger partial charge < -0.3 is 15.5 Å². The molecule has 148 valence electrons. The fraction of sp³-hybridized carbons (Fsp3) is 0.136. The van der Waals surface area contributed by atoms with Crippen molar-refractivity contribution in [1.82, 2.24) is 9.97 Å². The molecule has 3 N–H and O–H groups in total. The molecule has 1 unspecified atom stereocenters. The number of benzene rings is 1. The van der Waals surface area contributed by atoms with Gasteiger partial charge in [-0.3, -0.25) is 4.79 Å². The summed E-state index contributed by atoms with van der Waals surface area (Å²) < 4.78 is 6.62. The molecule has 5 rings (SSSR count). The van der Waals surface area contributed by atoms with E-state index in [-0.39, 0.29) is 17.0 Å². The van der Waals surface area contributed by atoms with Crippen molar-refractivity contribution in [2.45, 2.75) is 19.8 Å². The van der Waals surface area contributed by atoms with Crippen LogP contribution in [0.3, 0.4) is 0 Å². The summed E-state index contributed by atoms with van der Waals surface area (Å²) in [5.74, 6) is -0.318. The lowest BCUT2D eigenvalue weighted by Crippen LogP contribution is -2.27. The van der Waals surface area contributed by atoms with Crippen molar-refractivity contribution in [2.24, 2.45) is 5.73 Å². The van der Waals surface area contributed by atoms with Crippen molar-refractivity contribution >= 4 is 43.4 Å². The minimum absolute atomic E-state index is 0.0137. The molecular weight excluding hydrogens is 420 g/mol. The first kappa shape index (κ1) is 18.7. The lowest BCUT2D eigenvalue weighted by molar-refractivity contribution is 0.397. The molecule has 0 fully saturated rings. The quantitative estimate of drug-likeness (QED) is 0.454. The SMILES string of the molecule is Cc1cc(C)c2c(n1)sc1c3c(c(=O)[nH]c12)C(c1cccc(Cl)c1)C(C#N)=C(N)O3. The van der Waals surface area contributed by atoms with Gasteiger partial charge in [0, 0.05) is 16.1 Å². The zero-order chi connectivity index (χ0) is 21.2. The second-order valence-corrected chi connectivity index (χ2v) is 8.68. The van der Waals surface area contributed by atoms with E-state index in [1.54, 1.807) is 18.2 Å². The van der Waals surface area contributed by atoms with E-state index in [9.17, 15) is 10.1 Å². The summed E-state index contributed by atoms with van der Waals surface area (Å²) in [6, 6.07) is 11.1. The standard InChI is InChI=1S/C22H15ClN4O2S/c1-9-6-10(2)26-22-14(9)17-19(30-22)18-16(21(28)27-17)15(13(8-24)20(25)29-18)11-4-3-5-12(23)7-11/h3-7,15H,25H2,1-2H3,(H,27,28). The maximum atomic E-state index is 13.3. The number of nitrogens with two attached hydrogens (primary N) is 1. The van der Waals surface area contributed by atoms with E-state index < -0.39 is 5.92 Å². The highest BCUT2D eigenvalue weighted by molar-refractivity contribution is 7.25. The molecular formula is C22H15ClN4O2S. The minimum Gasteiger partial charge on any atom is -0.438 e. The van der Waals surface area contributed by atoms with Crippen molar-refractivity contribution in [3.63, 3.8) is 0 Å². The Balaban J connectivity index is 1.91. The second kappa shape index (κ2) is 6.59. The average Bonchev–Trinajstić information content (AvgIpc) is 3.05. The van der Waals surface area contributed by atoms with E-state index in [1.165, 1.54) is 11.3 Å². The number of hydrogen-bond acceptors (Lipinski definition) is 6. The van der Waals surface area contributed by atoms with Crippen molar-refractivity contribution in [3.05, 3.63) is 79.5 Å². The number of fused-ring (bicyclic) bond motifs is 5. The van der Waals surface area contributed by atoms with Gasteiger partial charge in [-0.1, -0.05) is 23.7 Å². The van der Waals surface area contributed by atoms with E-state index in [0.29, 0.717) is 27.4 Å². The van der Waals surface area contributed by atoms with Gasteiger partial charge in [0.15, 0.2) is 5.75 Å². The first-order valence-electron chi connectivity index (χ1n) is 9.18. The molecule has 3 aromatic heterocycles. The Morgan fingerprint density at radius 2 is 2.13 bits per heavy atom. The molecule has 0 saturated carbocycles. The fourth-order valence-corrected chi connectivity index (χ4v) is 5.53. The summed E-state index contributed by atoms with van der Waals surface area (Å²) in [4.78, 5) is 21.7. The third-order valence-electron chi connectivity index (χ3n) is 5.28. The number of ether oxygens (including phenoxy) is 1. The second-order valence-electron chi connectivity index (χ2n) is 7.24. The summed E-state index contributed by atoms with van der Waals surface area (Å²) in [7, 11) is 0. The number of allylic oxidation sites excluding steroid dienone is 1. The van der Waals surface area contributed by atoms with E-state index in [2.05, 4.69) is 16.0 Å². The Morgan fingerprint density at radius 1 is 1.33 bits per heavy atom. The van der Waals surface area contributed by atoms with Crippen LogP contribution >= 0.6 is 22.9 Å². The van der Waals surface area contributed by atoms with Crippen LogP contribution in [0.4, 0.5) is 0 Å². The van der Waals surface area contributed by atoms with Gasteiger partial charge in [-0.15, -0.1) is 11.3 Å². The van der Waals surface area contributed by atoms with Crippen LogP contribution in [0.1, 0.15) is 28.3 Å². The molecule has 1 aromatic carbocycles. The minimum atomic E-state index is -0.674. The van der Waals surface area contributed by atoms with Crippen molar-refractivity contribution in [3.8, 4) is 11.8 Å². The number of thiophene rings is 1. The van der Waals surface area contributed by atoms with Crippen molar-refractivity contribution < 1.29 is 4.74 Å². The van der Waals surface area contributed by atoms with Gasteiger partial charge in [-0.05, 0) is 43.2 Å². The van der Waals surface area contributed by atoms with Gasteiger partial charge in [0.1, 0.15) is 16.5 Å². The lowest BCUT2D eigenvalue weighted by atomic mass is 9.84. The molecule has 0 amide bonds. The number of pyridine rings is 2. The average molecular weight is 435 g/mol. The van der Waals surface area contributed by atoms with Crippen LogP contribution in [0.25, 0.3) is 20.4 Å². The monoisotopic (exact) mass is 434 g/mol. The first-order valence-corrected chi connectivity index (χ1v) is 10.4. The lowest BCUT2D eigenvalue weighted by Gasteiger charge is -2.26. The highest BCUT2D eigenvalue weighted by atomic mass is 35.5. The Labute approximate surface area is 180 Å². The first-order chi connectivity index (χ1) is 14.4. The topological polar surface area (TPSA) is 105 Å². The zero-order valence-corrected chi connectivity index (χ0v) is 17.6. The molecule has 0 spiro atoms. The number of rotatable bonds is 1. The molecule has 30 heavy (non-hydrogen) atoms. The molecule has 8 heteroatoms. The molecule has 1 aliphatic rings. The largest absolute Gasteiger partial charge is 0.438 e. The Hall–Kier alpha value is -3.34. The third-order valence-corrected chi connectivity index (χ3v) is 6.60. The highest BCUT2D eigenvalue weighted by Crippen LogP contribution is 2.47. The van der Waals surface area contributed by atoms with Crippen LogP contribution in [0.15, 0.2) is 46.6 Å². The molecule has 6 nitrogen and oxygen atoms in total. The van der Waals surface area contributed by atoms with E-state index in [0.717, 1.165) is 26.2 Å². The molecule has 0 bridgehead atoms. The van der Waals surface area contributed by atoms with Gasteiger partial charge in [0.05, 0.1) is 21.7 Å². The third kappa shape index (κ3) is 2.61. The number of nitrogens with zero attached hydrogens (tertiary/aromatic N) is 2. The molecule has 0 radical (unpaired) electrons. The summed E-state index contributed by atoms with van der Waals surface area (Å²) in [5.41, 5.74) is 9.61. The fourth-order valence-electron chi connectivity index (χ4n) is 4.08. The molecule has 1 atom stereocenters. The summed E-state index contributed by atoms with van der Waals surface area (Å²) in [6.07, 6.45) is 0. The van der Waals surface area contributed by atoms with E-state index in [4.69, 9.17) is 22.1 Å². The Bertz CT molecular complexity index is 1510. The predicted octanol–water partition coefficient (Wildman–Crippen LogP) is 4.63. The predicted molar refractivity (Wildman–Crippen MR) is 118 cm³/mol. The van der Waals surface area contributed by atoms with Crippen molar-refractivity contribution in [2.75, 3.05) is 0 Å². The van der Waals surface area contributed by atoms with Gasteiger partial charge in [-0.2, -0.15) is 5.26 Å². The van der Waals surface area contributed by atoms with Gasteiger partial charge in [0.25, 0.3) is 5.56 Å². The van der Waals surface area contributed by atoms with Crippen LogP contribution in [0.2, 0.25) is 5.02 Å². The number of nitriles is 1. The van der Waals surface area contributed by atoms with Crippen LogP contribution < -0.4 is 16.0 Å². The number of halogens is 1. The number of hydrogen-bond donors (Lipinski definition) is 2. The van der Waals surface area contributed by atoms with Crippen LogP contribution in [-0.2, 0) is 0 Å². The maximum Gasteiger partial charge on any atom is 0.256 e. The van der Waals surface area contributed by atoms with Gasteiger partial charge >= 0.3 is 0 Å². The highest BCUT2D eigenvalue weighted by Gasteiger charge is 2.35. The molecule has 0 saturated heterocycles. The Morgan fingerprint density at radius 3 is 2.87 bits per heavy atom. The van der Waals surface area contributed by atoms with Crippen LogP contribution in [0, 0.1) is 25.2 Å². The Kier molecular flexibility index (Phi) is 4.10. The van der Waals surface area contributed by atoms with Crippen LogP contribution in [0.5, 0.6) is 5.75 Å². The number of aryl methyl sites for hydroxylation is 2. The number of aromatic amines is 1. The molecule has 4 aromatic rings. The maximum absolute atomic E-state index is 13.3. The molecule has 0 aliphatic carbocycles. The summed E-state index contributed by atoms with van der Waals surface area (Å²) >= 11 is 7.62. The number of aromatic nitrogens is 2.